The highest BCUT2D eigenvalue weighted by atomic mass is 19.1. The lowest BCUT2D eigenvalue weighted by molar-refractivity contribution is -0.151. The van der Waals surface area contributed by atoms with Gasteiger partial charge in [-0.15, -0.1) is 0 Å². The smallest absolute Gasteiger partial charge is 0.408 e. The van der Waals surface area contributed by atoms with Gasteiger partial charge in [0.15, 0.2) is 6.04 Å². The summed E-state index contributed by atoms with van der Waals surface area (Å²) in [6.07, 6.45) is 0.656. The monoisotopic (exact) mass is 473 g/mol. The Morgan fingerprint density at radius 1 is 1.09 bits per heavy atom. The summed E-state index contributed by atoms with van der Waals surface area (Å²) in [5.41, 5.74) is 1.68. The van der Waals surface area contributed by atoms with E-state index in [9.17, 15) is 14.0 Å². The summed E-state index contributed by atoms with van der Waals surface area (Å²) in [5, 5.41) is 2.55. The Morgan fingerprint density at radius 3 is 2.32 bits per heavy atom. The third kappa shape index (κ3) is 10.8. The minimum Gasteiger partial charge on any atom is -0.461 e. The molecule has 1 fully saturated rings. The van der Waals surface area contributed by atoms with Crippen LogP contribution in [0.3, 0.4) is 0 Å². The van der Waals surface area contributed by atoms with Crippen LogP contribution in [0.4, 0.5) is 9.18 Å². The van der Waals surface area contributed by atoms with Gasteiger partial charge in [-0.25, -0.2) is 14.0 Å². The van der Waals surface area contributed by atoms with E-state index in [-0.39, 0.29) is 24.4 Å². The van der Waals surface area contributed by atoms with Gasteiger partial charge in [-0.2, -0.15) is 0 Å². The molecule has 186 valence electrons. The second-order valence-electron chi connectivity index (χ2n) is 9.57. The van der Waals surface area contributed by atoms with Gasteiger partial charge in [-0.3, -0.25) is 0 Å². The summed E-state index contributed by atoms with van der Waals surface area (Å²) >= 11 is 0. The van der Waals surface area contributed by atoms with Crippen LogP contribution >= 0.6 is 0 Å². The van der Waals surface area contributed by atoms with Gasteiger partial charge in [0.05, 0.1) is 12.7 Å². The van der Waals surface area contributed by atoms with E-state index in [1.54, 1.807) is 32.9 Å². The molecule has 1 amide bonds. The second kappa shape index (κ2) is 13.1. The number of cyclic esters (lactones) is 1. The van der Waals surface area contributed by atoms with Crippen molar-refractivity contribution in [3.05, 3.63) is 71.5 Å². The summed E-state index contributed by atoms with van der Waals surface area (Å²) in [5.74, 6) is -0.431. The normalized spacial score (nSPS) is 21.0. The van der Waals surface area contributed by atoms with Crippen LogP contribution < -0.4 is 5.32 Å². The average Bonchev–Trinajstić information content (AvgIpc) is 2.80. The van der Waals surface area contributed by atoms with Crippen molar-refractivity contribution in [2.24, 2.45) is 5.92 Å². The molecule has 1 N–H and O–H groups in total. The molecule has 3 rings (SSSR count). The second-order valence-corrected chi connectivity index (χ2v) is 9.57. The van der Waals surface area contributed by atoms with Crippen molar-refractivity contribution < 1.29 is 28.2 Å². The molecule has 0 spiro atoms. The zero-order valence-corrected chi connectivity index (χ0v) is 20.7. The number of amides is 1. The fourth-order valence-corrected chi connectivity index (χ4v) is 3.46. The SMILES string of the molecule is CC1CC(Cc2ccccc2)COC[C@H](NC(=O)OC(C)(C)C)C(=O)O1.Cc1ccc(F)cc1. The maximum atomic E-state index is 12.3. The third-order valence-corrected chi connectivity index (χ3v) is 4.97. The first kappa shape index (κ1) is 27.3. The van der Waals surface area contributed by atoms with Gasteiger partial charge in [-0.1, -0.05) is 48.0 Å². The molecule has 0 aliphatic carbocycles. The van der Waals surface area contributed by atoms with Crippen LogP contribution in [-0.2, 0) is 25.4 Å². The highest BCUT2D eigenvalue weighted by Gasteiger charge is 2.29. The van der Waals surface area contributed by atoms with Crippen molar-refractivity contribution in [2.75, 3.05) is 13.2 Å². The predicted molar refractivity (Wildman–Crippen MR) is 129 cm³/mol. The molecule has 0 bridgehead atoms. The maximum Gasteiger partial charge on any atom is 0.408 e. The van der Waals surface area contributed by atoms with E-state index in [1.165, 1.54) is 17.7 Å². The number of hydrogen-bond acceptors (Lipinski definition) is 5. The van der Waals surface area contributed by atoms with E-state index in [2.05, 4.69) is 17.4 Å². The minimum absolute atomic E-state index is 0.0656. The molecule has 0 saturated carbocycles. The Hall–Kier alpha value is -2.93. The molecular weight excluding hydrogens is 437 g/mol. The zero-order chi connectivity index (χ0) is 25.1. The standard InChI is InChI=1S/C20H29NO5.C7H7F/c1-14-10-16(11-15-8-6-5-7-9-15)12-24-13-17(18(22)25-14)21-19(23)26-20(2,3)4;1-6-2-4-7(8)5-3-6/h5-9,14,16-17H,10-13H2,1-4H3,(H,21,23);2-5H,1H3/t14?,16?,17-;/m0./s1. The van der Waals surface area contributed by atoms with E-state index in [1.807, 2.05) is 32.0 Å². The van der Waals surface area contributed by atoms with Crippen LogP contribution in [0.1, 0.15) is 45.2 Å². The highest BCUT2D eigenvalue weighted by Crippen LogP contribution is 2.19. The lowest BCUT2D eigenvalue weighted by Gasteiger charge is -2.23. The van der Waals surface area contributed by atoms with Crippen molar-refractivity contribution in [1.82, 2.24) is 5.32 Å². The van der Waals surface area contributed by atoms with Gasteiger partial charge in [0.25, 0.3) is 0 Å². The first-order chi connectivity index (χ1) is 16.0. The van der Waals surface area contributed by atoms with E-state index < -0.39 is 23.7 Å². The molecular formula is C27H36FNO5. The number of hydrogen-bond donors (Lipinski definition) is 1. The van der Waals surface area contributed by atoms with E-state index in [0.29, 0.717) is 13.0 Å². The fraction of sp³-hybridized carbons (Fsp3) is 0.481. The molecule has 2 aromatic rings. The number of rotatable bonds is 3. The Labute approximate surface area is 201 Å². The van der Waals surface area contributed by atoms with Gasteiger partial charge < -0.3 is 19.5 Å². The van der Waals surface area contributed by atoms with Gasteiger partial charge in [0.2, 0.25) is 0 Å². The van der Waals surface area contributed by atoms with Crippen molar-refractivity contribution >= 4 is 12.1 Å². The van der Waals surface area contributed by atoms with Gasteiger partial charge in [0.1, 0.15) is 11.4 Å². The van der Waals surface area contributed by atoms with E-state index >= 15 is 0 Å². The zero-order valence-electron chi connectivity index (χ0n) is 20.7. The number of carbonyl (C=O) groups excluding carboxylic acids is 2. The van der Waals surface area contributed by atoms with Gasteiger partial charge >= 0.3 is 12.1 Å². The summed E-state index contributed by atoms with van der Waals surface area (Å²) in [4.78, 5) is 24.3. The third-order valence-electron chi connectivity index (χ3n) is 4.97. The first-order valence-corrected chi connectivity index (χ1v) is 11.6. The molecule has 34 heavy (non-hydrogen) atoms. The van der Waals surface area contributed by atoms with E-state index in [4.69, 9.17) is 14.2 Å². The van der Waals surface area contributed by atoms with Crippen LogP contribution in [0.5, 0.6) is 0 Å². The maximum absolute atomic E-state index is 12.3. The fourth-order valence-electron chi connectivity index (χ4n) is 3.46. The number of ether oxygens (including phenoxy) is 3. The average molecular weight is 474 g/mol. The Balaban J connectivity index is 0.000000430. The number of aryl methyl sites for hydroxylation is 1. The predicted octanol–water partition coefficient (Wildman–Crippen LogP) is 5.22. The van der Waals surface area contributed by atoms with Crippen LogP contribution in [0.2, 0.25) is 0 Å². The molecule has 2 aromatic carbocycles. The number of carbonyl (C=O) groups is 2. The Morgan fingerprint density at radius 2 is 1.74 bits per heavy atom. The molecule has 0 aromatic heterocycles. The number of halogens is 1. The Kier molecular flexibility index (Phi) is 10.5. The molecule has 7 heteroatoms. The topological polar surface area (TPSA) is 73.9 Å². The van der Waals surface area contributed by atoms with Crippen LogP contribution in [0.25, 0.3) is 0 Å². The summed E-state index contributed by atoms with van der Waals surface area (Å²) in [6.45, 7) is 9.66. The first-order valence-electron chi connectivity index (χ1n) is 11.6. The lowest BCUT2D eigenvalue weighted by atomic mass is 9.95. The number of nitrogens with one attached hydrogen (secondary N) is 1. The van der Waals surface area contributed by atoms with Crippen LogP contribution in [0.15, 0.2) is 54.6 Å². The van der Waals surface area contributed by atoms with Crippen molar-refractivity contribution in [2.45, 2.75) is 65.2 Å². The van der Waals surface area contributed by atoms with Crippen molar-refractivity contribution in [1.29, 1.82) is 0 Å². The molecule has 3 atom stereocenters. The number of esters is 1. The Bertz CT molecular complexity index is 874. The van der Waals surface area contributed by atoms with Gasteiger partial charge in [0, 0.05) is 6.61 Å². The molecule has 1 aliphatic rings. The summed E-state index contributed by atoms with van der Waals surface area (Å²) in [7, 11) is 0. The molecule has 1 saturated heterocycles. The lowest BCUT2D eigenvalue weighted by Crippen LogP contribution is -2.47. The quantitative estimate of drug-likeness (QED) is 0.619. The van der Waals surface area contributed by atoms with E-state index in [0.717, 1.165) is 12.0 Å². The van der Waals surface area contributed by atoms with Crippen molar-refractivity contribution in [3.8, 4) is 0 Å². The molecule has 1 heterocycles. The number of benzene rings is 2. The van der Waals surface area contributed by atoms with Crippen LogP contribution in [0, 0.1) is 18.7 Å². The number of alkyl carbamates (subject to hydrolysis) is 1. The summed E-state index contributed by atoms with van der Waals surface area (Å²) < 4.78 is 28.5. The van der Waals surface area contributed by atoms with Gasteiger partial charge in [-0.05, 0) is 71.1 Å². The molecule has 6 nitrogen and oxygen atoms in total. The minimum atomic E-state index is -0.872. The summed E-state index contributed by atoms with van der Waals surface area (Å²) in [6, 6.07) is 15.7. The molecule has 2 unspecified atom stereocenters. The molecule has 1 aliphatic heterocycles. The van der Waals surface area contributed by atoms with Crippen LogP contribution in [-0.4, -0.2) is 43.0 Å². The molecule has 0 radical (unpaired) electrons. The largest absolute Gasteiger partial charge is 0.461 e. The van der Waals surface area contributed by atoms with Crippen molar-refractivity contribution in [3.63, 3.8) is 0 Å². The highest BCUT2D eigenvalue weighted by molar-refractivity contribution is 5.81.